The average Bonchev–Trinajstić information content (AvgIpc) is 3.14. The second kappa shape index (κ2) is 8.58. The number of hydrogen-bond acceptors (Lipinski definition) is 6. The van der Waals surface area contributed by atoms with Crippen molar-refractivity contribution in [2.75, 3.05) is 0 Å². The van der Waals surface area contributed by atoms with Gasteiger partial charge < -0.3 is 14.0 Å². The largest absolute Gasteiger partial charge is 0.486 e. The van der Waals surface area contributed by atoms with E-state index in [0.717, 1.165) is 29.7 Å². The van der Waals surface area contributed by atoms with Crippen LogP contribution in [-0.2, 0) is 22.7 Å². The molecule has 26 heavy (non-hydrogen) atoms. The molecule has 0 bridgehead atoms. The van der Waals surface area contributed by atoms with E-state index in [1.54, 1.807) is 0 Å². The lowest BCUT2D eigenvalue weighted by Crippen LogP contribution is -2.14. The number of aromatic nitrogens is 3. The van der Waals surface area contributed by atoms with Gasteiger partial charge in [0.1, 0.15) is 23.7 Å². The normalized spacial score (nSPS) is 19.8. The SMILES string of the molecule is CC(C)CCn1c(COc2ccccc2)nnc1SC1CC(C)OC1=O. The molecule has 140 valence electrons. The standard InChI is InChI=1S/C19H25N3O3S/c1-13(2)9-10-22-17(12-24-15-7-5-4-6-8-15)20-21-19(22)26-16-11-14(3)25-18(16)23/h4-8,13-14,16H,9-12H2,1-3H3. The minimum Gasteiger partial charge on any atom is -0.486 e. The number of para-hydroxylation sites is 1. The first-order valence-corrected chi connectivity index (χ1v) is 9.88. The van der Waals surface area contributed by atoms with E-state index in [-0.39, 0.29) is 17.3 Å². The summed E-state index contributed by atoms with van der Waals surface area (Å²) in [6.07, 6.45) is 1.68. The highest BCUT2D eigenvalue weighted by molar-refractivity contribution is 8.00. The number of nitrogens with zero attached hydrogens (tertiary/aromatic N) is 3. The van der Waals surface area contributed by atoms with Gasteiger partial charge in [0.25, 0.3) is 0 Å². The molecule has 1 aliphatic heterocycles. The van der Waals surface area contributed by atoms with E-state index in [1.165, 1.54) is 11.8 Å². The van der Waals surface area contributed by atoms with Gasteiger partial charge in [-0.15, -0.1) is 10.2 Å². The summed E-state index contributed by atoms with van der Waals surface area (Å²) in [7, 11) is 0. The Kier molecular flexibility index (Phi) is 6.19. The molecule has 2 unspecified atom stereocenters. The van der Waals surface area contributed by atoms with Crippen molar-refractivity contribution < 1.29 is 14.3 Å². The van der Waals surface area contributed by atoms with E-state index < -0.39 is 0 Å². The molecule has 2 aromatic rings. The van der Waals surface area contributed by atoms with Crippen LogP contribution in [0.3, 0.4) is 0 Å². The van der Waals surface area contributed by atoms with Crippen molar-refractivity contribution in [3.63, 3.8) is 0 Å². The quantitative estimate of drug-likeness (QED) is 0.656. The number of thioether (sulfide) groups is 1. The summed E-state index contributed by atoms with van der Waals surface area (Å²) in [5.41, 5.74) is 0. The van der Waals surface area contributed by atoms with Crippen molar-refractivity contribution in [2.45, 2.75) is 63.3 Å². The van der Waals surface area contributed by atoms with Crippen molar-refractivity contribution in [1.29, 1.82) is 0 Å². The Labute approximate surface area is 158 Å². The van der Waals surface area contributed by atoms with Crippen molar-refractivity contribution >= 4 is 17.7 Å². The molecule has 6 nitrogen and oxygen atoms in total. The zero-order valence-corrected chi connectivity index (χ0v) is 16.2. The number of carbonyl (C=O) groups is 1. The smallest absolute Gasteiger partial charge is 0.319 e. The maximum absolute atomic E-state index is 12.0. The molecular formula is C19H25N3O3S. The van der Waals surface area contributed by atoms with Crippen LogP contribution in [0.25, 0.3) is 0 Å². The molecule has 7 heteroatoms. The number of cyclic esters (lactones) is 1. The summed E-state index contributed by atoms with van der Waals surface area (Å²) in [4.78, 5) is 12.0. The minimum absolute atomic E-state index is 0.0343. The van der Waals surface area contributed by atoms with Gasteiger partial charge in [-0.1, -0.05) is 43.8 Å². The van der Waals surface area contributed by atoms with Crippen LogP contribution in [0.15, 0.2) is 35.5 Å². The predicted octanol–water partition coefficient (Wildman–Crippen LogP) is 3.70. The van der Waals surface area contributed by atoms with Crippen molar-refractivity contribution in [2.24, 2.45) is 5.92 Å². The van der Waals surface area contributed by atoms with Gasteiger partial charge in [0, 0.05) is 13.0 Å². The Hall–Kier alpha value is -2.02. The molecule has 2 heterocycles. The van der Waals surface area contributed by atoms with Crippen LogP contribution in [0.4, 0.5) is 0 Å². The zero-order chi connectivity index (χ0) is 18.5. The van der Waals surface area contributed by atoms with Crippen LogP contribution in [0.5, 0.6) is 5.75 Å². The Morgan fingerprint density at radius 3 is 2.73 bits per heavy atom. The van der Waals surface area contributed by atoms with E-state index in [4.69, 9.17) is 9.47 Å². The van der Waals surface area contributed by atoms with E-state index in [9.17, 15) is 4.79 Å². The molecule has 2 atom stereocenters. The van der Waals surface area contributed by atoms with Gasteiger partial charge in [-0.2, -0.15) is 0 Å². The first kappa shape index (κ1) is 18.8. The summed E-state index contributed by atoms with van der Waals surface area (Å²) >= 11 is 1.44. The van der Waals surface area contributed by atoms with Gasteiger partial charge in [-0.25, -0.2) is 0 Å². The minimum atomic E-state index is -0.213. The fourth-order valence-electron chi connectivity index (χ4n) is 2.73. The number of hydrogen-bond donors (Lipinski definition) is 0. The Morgan fingerprint density at radius 1 is 1.31 bits per heavy atom. The van der Waals surface area contributed by atoms with E-state index >= 15 is 0 Å². The molecule has 1 aromatic heterocycles. The first-order valence-electron chi connectivity index (χ1n) is 9.00. The second-order valence-corrected chi connectivity index (χ2v) is 8.09. The molecule has 1 aliphatic rings. The lowest BCUT2D eigenvalue weighted by Gasteiger charge is -2.13. The van der Waals surface area contributed by atoms with Gasteiger partial charge in [0.15, 0.2) is 11.0 Å². The first-order chi connectivity index (χ1) is 12.5. The number of carbonyl (C=O) groups excluding carboxylic acids is 1. The van der Waals surface area contributed by atoms with Gasteiger partial charge in [0.05, 0.1) is 0 Å². The Balaban J connectivity index is 1.73. The Bertz CT molecular complexity index is 733. The van der Waals surface area contributed by atoms with Crippen molar-refractivity contribution in [3.8, 4) is 5.75 Å². The molecule has 0 saturated carbocycles. The summed E-state index contributed by atoms with van der Waals surface area (Å²) in [5, 5.41) is 9.17. The van der Waals surface area contributed by atoms with Gasteiger partial charge in [0.2, 0.25) is 0 Å². The number of ether oxygens (including phenoxy) is 2. The molecule has 3 rings (SSSR count). The lowest BCUT2D eigenvalue weighted by molar-refractivity contribution is -0.140. The highest BCUT2D eigenvalue weighted by atomic mass is 32.2. The average molecular weight is 375 g/mol. The summed E-state index contributed by atoms with van der Waals surface area (Å²) < 4.78 is 13.2. The molecule has 1 aromatic carbocycles. The Morgan fingerprint density at radius 2 is 2.08 bits per heavy atom. The van der Waals surface area contributed by atoms with Crippen LogP contribution in [-0.4, -0.2) is 32.1 Å². The maximum Gasteiger partial charge on any atom is 0.319 e. The molecule has 0 N–H and O–H groups in total. The van der Waals surface area contributed by atoms with Crippen LogP contribution < -0.4 is 4.74 Å². The summed E-state index contributed by atoms with van der Waals surface area (Å²) in [6.45, 7) is 7.45. The summed E-state index contributed by atoms with van der Waals surface area (Å²) in [5.74, 6) is 1.97. The molecule has 1 fully saturated rings. The maximum atomic E-state index is 12.0. The van der Waals surface area contributed by atoms with E-state index in [2.05, 4.69) is 28.6 Å². The van der Waals surface area contributed by atoms with Gasteiger partial charge in [-0.05, 0) is 31.4 Å². The lowest BCUT2D eigenvalue weighted by atomic mass is 10.1. The highest BCUT2D eigenvalue weighted by Gasteiger charge is 2.34. The van der Waals surface area contributed by atoms with Crippen molar-refractivity contribution in [1.82, 2.24) is 14.8 Å². The zero-order valence-electron chi connectivity index (χ0n) is 15.4. The van der Waals surface area contributed by atoms with Crippen LogP contribution in [0, 0.1) is 5.92 Å². The molecular weight excluding hydrogens is 350 g/mol. The number of esters is 1. The monoisotopic (exact) mass is 375 g/mol. The van der Waals surface area contributed by atoms with Crippen LogP contribution in [0.2, 0.25) is 0 Å². The summed E-state index contributed by atoms with van der Waals surface area (Å²) in [6, 6.07) is 9.66. The van der Waals surface area contributed by atoms with E-state index in [1.807, 2.05) is 37.3 Å². The third-order valence-electron chi connectivity index (χ3n) is 4.21. The molecule has 0 aliphatic carbocycles. The van der Waals surface area contributed by atoms with Crippen LogP contribution in [0.1, 0.15) is 39.4 Å². The molecule has 0 radical (unpaired) electrons. The van der Waals surface area contributed by atoms with Gasteiger partial charge >= 0.3 is 5.97 Å². The molecule has 0 amide bonds. The topological polar surface area (TPSA) is 66.2 Å². The third-order valence-corrected chi connectivity index (χ3v) is 5.39. The van der Waals surface area contributed by atoms with Crippen molar-refractivity contribution in [3.05, 3.63) is 36.2 Å². The predicted molar refractivity (Wildman–Crippen MR) is 100 cm³/mol. The van der Waals surface area contributed by atoms with Gasteiger partial charge in [-0.3, -0.25) is 4.79 Å². The number of benzene rings is 1. The fraction of sp³-hybridized carbons (Fsp3) is 0.526. The third kappa shape index (κ3) is 4.78. The molecule has 1 saturated heterocycles. The second-order valence-electron chi connectivity index (χ2n) is 6.92. The fourth-order valence-corrected chi connectivity index (χ4v) is 3.92. The highest BCUT2D eigenvalue weighted by Crippen LogP contribution is 2.32. The molecule has 0 spiro atoms. The van der Waals surface area contributed by atoms with E-state index in [0.29, 0.717) is 18.9 Å². The number of rotatable bonds is 8. The van der Waals surface area contributed by atoms with Crippen LogP contribution >= 0.6 is 11.8 Å².